The fourth-order valence-electron chi connectivity index (χ4n) is 10.7. The summed E-state index contributed by atoms with van der Waals surface area (Å²) < 4.78 is 7.50. The van der Waals surface area contributed by atoms with Crippen LogP contribution in [-0.4, -0.2) is 9.13 Å². The lowest BCUT2D eigenvalue weighted by Crippen LogP contribution is -2.18. The first-order chi connectivity index (χ1) is 27.4. The lowest BCUT2D eigenvalue weighted by Gasteiger charge is -2.27. The van der Waals surface area contributed by atoms with E-state index in [1.165, 1.54) is 155 Å². The molecule has 0 N–H and O–H groups in total. The average molecular weight is 875 g/mol. The van der Waals surface area contributed by atoms with Gasteiger partial charge in [-0.05, 0) is 158 Å². The van der Waals surface area contributed by atoms with Crippen molar-refractivity contribution < 1.29 is 0 Å². The van der Waals surface area contributed by atoms with Crippen LogP contribution in [0.25, 0.3) is 44.3 Å². The second-order valence-corrected chi connectivity index (χ2v) is 19.3. The number of hydrogen-bond acceptors (Lipinski definition) is 0. The minimum absolute atomic E-state index is 0.787. The number of nitrogens with zero attached hydrogens (tertiary/aromatic N) is 2. The first-order valence-corrected chi connectivity index (χ1v) is 23.8. The Bertz CT molecular complexity index is 2090. The minimum Gasteiger partial charge on any atom is -0.313 e. The van der Waals surface area contributed by atoms with Gasteiger partial charge in [-0.1, -0.05) is 135 Å². The largest absolute Gasteiger partial charge is 0.313 e. The summed E-state index contributed by atoms with van der Waals surface area (Å²) in [6, 6.07) is 32.6. The van der Waals surface area contributed by atoms with E-state index in [-0.39, 0.29) is 0 Å². The smallest absolute Gasteiger partial charge is 0.0535 e. The van der Waals surface area contributed by atoms with Gasteiger partial charge in [0.1, 0.15) is 0 Å². The third kappa shape index (κ3) is 8.13. The summed E-state index contributed by atoms with van der Waals surface area (Å²) in [5, 5.41) is 2.86. The number of benzene rings is 4. The molecule has 4 heteroatoms. The molecule has 8 rings (SSSR count). The zero-order valence-electron chi connectivity index (χ0n) is 34.4. The van der Waals surface area contributed by atoms with Gasteiger partial charge in [-0.25, -0.2) is 0 Å². The third-order valence-electron chi connectivity index (χ3n) is 13.9. The molecule has 6 aromatic rings. The predicted octanol–water partition coefficient (Wildman–Crippen LogP) is 16.2. The molecule has 4 atom stereocenters. The molecule has 0 radical (unpaired) electrons. The number of hydrogen-bond donors (Lipinski definition) is 0. The number of aromatic nitrogens is 2. The Morgan fingerprint density at radius 2 is 0.964 bits per heavy atom. The van der Waals surface area contributed by atoms with E-state index in [0.717, 1.165) is 36.5 Å². The van der Waals surface area contributed by atoms with Gasteiger partial charge in [0.15, 0.2) is 0 Å². The molecule has 2 heterocycles. The Morgan fingerprint density at radius 1 is 0.554 bits per heavy atom. The van der Waals surface area contributed by atoms with Gasteiger partial charge in [0.25, 0.3) is 0 Å². The molecule has 0 saturated heterocycles. The van der Waals surface area contributed by atoms with Crippen molar-refractivity contribution in [2.24, 2.45) is 23.7 Å². The maximum Gasteiger partial charge on any atom is 0.0535 e. The van der Waals surface area contributed by atoms with E-state index in [4.69, 9.17) is 0 Å². The van der Waals surface area contributed by atoms with E-state index >= 15 is 0 Å². The van der Waals surface area contributed by atoms with Gasteiger partial charge in [0.05, 0.1) is 11.0 Å². The Hall–Kier alpha value is -3.08. The van der Waals surface area contributed by atoms with Crippen LogP contribution in [-0.2, 0) is 25.7 Å². The molecule has 2 aromatic heterocycles. The van der Waals surface area contributed by atoms with Crippen molar-refractivity contribution in [3.63, 3.8) is 0 Å². The molecule has 0 spiro atoms. The second-order valence-electron chi connectivity index (χ2n) is 17.5. The van der Waals surface area contributed by atoms with Crippen LogP contribution in [0.5, 0.6) is 0 Å². The quantitative estimate of drug-likeness (QED) is 0.0973. The summed E-state index contributed by atoms with van der Waals surface area (Å²) in [6.45, 7) is 9.46. The van der Waals surface area contributed by atoms with E-state index in [2.05, 4.69) is 154 Å². The Morgan fingerprint density at radius 3 is 1.34 bits per heavy atom. The Kier molecular flexibility index (Phi) is 12.6. The molecule has 4 unspecified atom stereocenters. The molecular weight excluding hydrogens is 812 g/mol. The number of rotatable bonds is 15. The van der Waals surface area contributed by atoms with E-state index in [0.29, 0.717) is 0 Å². The molecule has 0 aliphatic heterocycles. The molecule has 0 saturated carbocycles. The molecule has 56 heavy (non-hydrogen) atoms. The fraction of sp³-hybridized carbons (Fsp3) is 0.462. The lowest BCUT2D eigenvalue weighted by molar-refractivity contribution is 0.312. The topological polar surface area (TPSA) is 9.86 Å². The molecule has 294 valence electrons. The van der Waals surface area contributed by atoms with Crippen molar-refractivity contribution in [2.75, 3.05) is 0 Å². The van der Waals surface area contributed by atoms with Crippen molar-refractivity contribution in [2.45, 2.75) is 130 Å². The molecule has 0 bridgehead atoms. The van der Waals surface area contributed by atoms with Crippen molar-refractivity contribution in [3.05, 3.63) is 116 Å². The highest BCUT2D eigenvalue weighted by molar-refractivity contribution is 9.10. The number of halogens is 2. The van der Waals surface area contributed by atoms with Crippen LogP contribution in [0.2, 0.25) is 0 Å². The Labute approximate surface area is 353 Å². The maximum atomic E-state index is 3.81. The lowest BCUT2D eigenvalue weighted by atomic mass is 9.79. The minimum atomic E-state index is 0.787. The highest BCUT2D eigenvalue weighted by Crippen LogP contribution is 2.42. The first-order valence-electron chi connectivity index (χ1n) is 22.2. The van der Waals surface area contributed by atoms with E-state index in [1.807, 2.05) is 0 Å². The SMILES string of the molecule is CCCCC(CC)CC1CCc2c(c3cc(Br)ccc3n2-c2ccc(-c3ccc(-n4c5c(c6cc(Br)ccc64)CC(CC(CC)CCCC)CC5)cc3)cc2)C1. The molecular formula is C52H62Br2N2. The zero-order valence-corrected chi connectivity index (χ0v) is 37.5. The number of unbranched alkanes of at least 4 members (excludes halogenated alkanes) is 2. The fourth-order valence-corrected chi connectivity index (χ4v) is 11.4. The van der Waals surface area contributed by atoms with Crippen molar-refractivity contribution in [3.8, 4) is 22.5 Å². The summed E-state index contributed by atoms with van der Waals surface area (Å²) in [6.07, 6.45) is 20.8. The third-order valence-corrected chi connectivity index (χ3v) is 14.8. The zero-order chi connectivity index (χ0) is 38.8. The normalized spacial score (nSPS) is 18.0. The maximum absolute atomic E-state index is 3.81. The summed E-state index contributed by atoms with van der Waals surface area (Å²) in [4.78, 5) is 0. The van der Waals surface area contributed by atoms with Gasteiger partial charge in [0.2, 0.25) is 0 Å². The highest BCUT2D eigenvalue weighted by atomic mass is 79.9. The van der Waals surface area contributed by atoms with Crippen LogP contribution in [0.3, 0.4) is 0 Å². The van der Waals surface area contributed by atoms with E-state index < -0.39 is 0 Å². The average Bonchev–Trinajstić information content (AvgIpc) is 3.72. The molecule has 2 aliphatic carbocycles. The molecule has 2 aliphatic rings. The predicted molar refractivity (Wildman–Crippen MR) is 248 cm³/mol. The van der Waals surface area contributed by atoms with Crippen LogP contribution >= 0.6 is 31.9 Å². The van der Waals surface area contributed by atoms with Gasteiger partial charge in [-0.3, -0.25) is 0 Å². The van der Waals surface area contributed by atoms with Crippen LogP contribution in [0.15, 0.2) is 93.9 Å². The van der Waals surface area contributed by atoms with Gasteiger partial charge in [0, 0.05) is 42.5 Å². The van der Waals surface area contributed by atoms with Crippen molar-refractivity contribution in [1.29, 1.82) is 0 Å². The molecule has 2 nitrogen and oxygen atoms in total. The van der Waals surface area contributed by atoms with Crippen LogP contribution in [0, 0.1) is 23.7 Å². The van der Waals surface area contributed by atoms with Crippen molar-refractivity contribution in [1.82, 2.24) is 9.13 Å². The first kappa shape index (κ1) is 39.7. The van der Waals surface area contributed by atoms with Crippen molar-refractivity contribution >= 4 is 53.7 Å². The monoisotopic (exact) mass is 872 g/mol. The van der Waals surface area contributed by atoms with E-state index in [1.54, 1.807) is 11.1 Å². The van der Waals surface area contributed by atoms with Gasteiger partial charge >= 0.3 is 0 Å². The summed E-state index contributed by atoms with van der Waals surface area (Å²) in [7, 11) is 0. The summed E-state index contributed by atoms with van der Waals surface area (Å²) in [5.74, 6) is 3.31. The van der Waals surface area contributed by atoms with Crippen LogP contribution in [0.4, 0.5) is 0 Å². The van der Waals surface area contributed by atoms with Gasteiger partial charge in [-0.2, -0.15) is 0 Å². The Balaban J connectivity index is 1.05. The standard InChI is InChI=1S/C52H62Br2N2/c1-5-9-11-35(7-3)29-37-13-25-49-45(31-37)47-33-41(53)19-27-51(47)55(49)43-21-15-39(16-22-43)40-17-23-44(24-18-40)56-50-26-14-38(30-36(8-4)12-10-6-2)32-46(50)48-34-42(54)20-28-52(48)56/h15-24,27-28,33-38H,5-14,25-26,29-32H2,1-4H3. The number of fused-ring (bicyclic) bond motifs is 6. The highest BCUT2D eigenvalue weighted by Gasteiger charge is 2.29. The summed E-state index contributed by atoms with van der Waals surface area (Å²) >= 11 is 7.63. The van der Waals surface area contributed by atoms with Crippen LogP contribution < -0.4 is 0 Å². The van der Waals surface area contributed by atoms with Crippen LogP contribution in [0.1, 0.15) is 127 Å². The molecule has 0 fully saturated rings. The van der Waals surface area contributed by atoms with Gasteiger partial charge < -0.3 is 9.13 Å². The molecule has 0 amide bonds. The summed E-state index contributed by atoms with van der Waals surface area (Å²) in [5.41, 5.74) is 14.0. The van der Waals surface area contributed by atoms with Gasteiger partial charge in [-0.15, -0.1) is 0 Å². The second kappa shape index (κ2) is 17.8. The van der Waals surface area contributed by atoms with E-state index in [9.17, 15) is 0 Å². The molecule has 4 aromatic carbocycles.